The van der Waals surface area contributed by atoms with Crippen molar-refractivity contribution in [2.24, 2.45) is 5.11 Å². The Morgan fingerprint density at radius 1 is 1.57 bits per heavy atom. The average molecular weight is 270 g/mol. The highest BCUT2D eigenvalue weighted by atomic mass is 79.9. The van der Waals surface area contributed by atoms with Crippen molar-refractivity contribution < 1.29 is 4.74 Å². The molecule has 0 bridgehead atoms. The Hall–Kier alpha value is -0.940. The zero-order valence-corrected chi connectivity index (χ0v) is 9.46. The van der Waals surface area contributed by atoms with Crippen LogP contribution in [0.5, 0.6) is 0 Å². The van der Waals surface area contributed by atoms with Gasteiger partial charge in [0.25, 0.3) is 0 Å². The van der Waals surface area contributed by atoms with E-state index in [9.17, 15) is 0 Å². The molecule has 2 heterocycles. The molecule has 0 aromatic carbocycles. The summed E-state index contributed by atoms with van der Waals surface area (Å²) in [5, 5.41) is 5.14. The first-order valence-corrected chi connectivity index (χ1v) is 5.59. The zero-order valence-electron chi connectivity index (χ0n) is 7.05. The molecule has 1 radical (unpaired) electrons. The Balaban J connectivity index is 2.36. The van der Waals surface area contributed by atoms with Gasteiger partial charge in [0.05, 0.1) is 6.26 Å². The lowest BCUT2D eigenvalue weighted by Gasteiger charge is -2.15. The van der Waals surface area contributed by atoms with Crippen LogP contribution in [0.1, 0.15) is 4.88 Å². The van der Waals surface area contributed by atoms with Crippen molar-refractivity contribution in [1.82, 2.24) is 5.53 Å². The lowest BCUT2D eigenvalue weighted by Crippen LogP contribution is -2.10. The van der Waals surface area contributed by atoms with Crippen LogP contribution in [0.25, 0.3) is 5.57 Å². The largest absolute Gasteiger partial charge is 0.470 e. The molecule has 1 aliphatic heterocycles. The first-order valence-electron chi connectivity index (χ1n) is 3.92. The van der Waals surface area contributed by atoms with Gasteiger partial charge in [-0.15, -0.1) is 16.5 Å². The first-order chi connectivity index (χ1) is 6.81. The van der Waals surface area contributed by atoms with Crippen LogP contribution in [0.3, 0.4) is 0 Å². The monoisotopic (exact) mass is 269 g/mol. The lowest BCUT2D eigenvalue weighted by molar-refractivity contribution is 0.194. The van der Waals surface area contributed by atoms with E-state index in [0.29, 0.717) is 0 Å². The molecule has 14 heavy (non-hydrogen) atoms. The van der Waals surface area contributed by atoms with Gasteiger partial charge < -0.3 is 4.74 Å². The molecule has 0 aliphatic carbocycles. The van der Waals surface area contributed by atoms with E-state index in [1.54, 1.807) is 17.4 Å². The molecular formula is C9H6BrN2OS. The van der Waals surface area contributed by atoms with Crippen molar-refractivity contribution in [1.29, 1.82) is 0 Å². The number of halogens is 1. The van der Waals surface area contributed by atoms with Crippen molar-refractivity contribution in [3.8, 4) is 0 Å². The third kappa shape index (κ3) is 1.78. The standard InChI is InChI=1S/C9H6BrN2OS/c10-6-4-8(14-5-6)7-2-1-3-13-9(7)12-11/h1-5,9H. The highest BCUT2D eigenvalue weighted by molar-refractivity contribution is 9.10. The smallest absolute Gasteiger partial charge is 0.237 e. The molecule has 1 aromatic rings. The van der Waals surface area contributed by atoms with Crippen LogP contribution >= 0.6 is 27.3 Å². The Bertz CT molecular complexity index is 411. The van der Waals surface area contributed by atoms with Crippen molar-refractivity contribution >= 4 is 32.8 Å². The maximum atomic E-state index is 8.75. The summed E-state index contributed by atoms with van der Waals surface area (Å²) < 4.78 is 6.15. The van der Waals surface area contributed by atoms with Crippen molar-refractivity contribution in [3.05, 3.63) is 39.2 Å². The number of nitrogens with zero attached hydrogens (tertiary/aromatic N) is 2. The second kappa shape index (κ2) is 4.06. The molecule has 0 saturated carbocycles. The van der Waals surface area contributed by atoms with Crippen molar-refractivity contribution in [2.45, 2.75) is 6.23 Å². The van der Waals surface area contributed by atoms with E-state index in [2.05, 4.69) is 21.0 Å². The number of hydrogen-bond acceptors (Lipinski definition) is 3. The maximum absolute atomic E-state index is 8.75. The van der Waals surface area contributed by atoms with Gasteiger partial charge in [0, 0.05) is 20.3 Å². The summed E-state index contributed by atoms with van der Waals surface area (Å²) in [5.41, 5.74) is 9.61. The van der Waals surface area contributed by atoms with Gasteiger partial charge in [-0.25, -0.2) is 0 Å². The summed E-state index contributed by atoms with van der Waals surface area (Å²) in [7, 11) is 0. The summed E-state index contributed by atoms with van der Waals surface area (Å²) in [6.45, 7) is 0. The van der Waals surface area contributed by atoms with Gasteiger partial charge in [-0.1, -0.05) is 0 Å². The third-order valence-electron chi connectivity index (χ3n) is 1.78. The molecule has 1 aromatic heterocycles. The average Bonchev–Trinajstić information content (AvgIpc) is 2.65. The minimum absolute atomic E-state index is 0.606. The second-order valence-electron chi connectivity index (χ2n) is 2.68. The second-order valence-corrected chi connectivity index (χ2v) is 4.51. The Labute approximate surface area is 93.7 Å². The molecule has 0 fully saturated rings. The van der Waals surface area contributed by atoms with Gasteiger partial charge in [0.15, 0.2) is 0 Å². The Kier molecular flexibility index (Phi) is 2.79. The van der Waals surface area contributed by atoms with Crippen LogP contribution in [0, 0.1) is 0 Å². The highest BCUT2D eigenvalue weighted by Gasteiger charge is 2.18. The molecule has 0 amide bonds. The number of hydrogen-bond donors (Lipinski definition) is 0. The van der Waals surface area contributed by atoms with Gasteiger partial charge >= 0.3 is 0 Å². The zero-order chi connectivity index (χ0) is 9.97. The normalized spacial score (nSPS) is 20.1. The molecule has 0 spiro atoms. The molecule has 1 aliphatic rings. The molecule has 5 heteroatoms. The molecule has 3 nitrogen and oxygen atoms in total. The predicted molar refractivity (Wildman–Crippen MR) is 58.6 cm³/mol. The van der Waals surface area contributed by atoms with Gasteiger partial charge in [-0.2, -0.15) is 0 Å². The van der Waals surface area contributed by atoms with Gasteiger partial charge in [0.2, 0.25) is 6.23 Å². The molecule has 1 unspecified atom stereocenters. The maximum Gasteiger partial charge on any atom is 0.237 e. The number of thiophene rings is 1. The van der Waals surface area contributed by atoms with Crippen LogP contribution in [0.15, 0.2) is 39.4 Å². The Morgan fingerprint density at radius 2 is 2.43 bits per heavy atom. The first kappa shape index (κ1) is 9.61. The topological polar surface area (TPSA) is 43.9 Å². The molecular weight excluding hydrogens is 264 g/mol. The molecule has 71 valence electrons. The van der Waals surface area contributed by atoms with E-state index in [1.807, 2.05) is 17.5 Å². The van der Waals surface area contributed by atoms with Gasteiger partial charge in [-0.3, -0.25) is 0 Å². The summed E-state index contributed by atoms with van der Waals surface area (Å²) in [6.07, 6.45) is 4.57. The molecule has 2 rings (SSSR count). The van der Waals surface area contributed by atoms with E-state index in [0.717, 1.165) is 14.9 Å². The summed E-state index contributed by atoms with van der Waals surface area (Å²) >= 11 is 4.95. The SMILES string of the molecule is [N]=NC1OC=CC=C1c1cc(Br)cs1. The van der Waals surface area contributed by atoms with Crippen LogP contribution in [-0.2, 0) is 4.74 Å². The van der Waals surface area contributed by atoms with E-state index >= 15 is 0 Å². The van der Waals surface area contributed by atoms with Crippen molar-refractivity contribution in [3.63, 3.8) is 0 Å². The van der Waals surface area contributed by atoms with Crippen LogP contribution < -0.4 is 5.53 Å². The minimum atomic E-state index is -0.606. The van der Waals surface area contributed by atoms with E-state index in [-0.39, 0.29) is 0 Å². The van der Waals surface area contributed by atoms with E-state index in [4.69, 9.17) is 10.3 Å². The number of ether oxygens (including phenoxy) is 1. The fourth-order valence-corrected chi connectivity index (χ4v) is 2.64. The van der Waals surface area contributed by atoms with Crippen LogP contribution in [0.4, 0.5) is 0 Å². The molecule has 1 atom stereocenters. The number of rotatable bonds is 2. The highest BCUT2D eigenvalue weighted by Crippen LogP contribution is 2.31. The van der Waals surface area contributed by atoms with Gasteiger partial charge in [0.1, 0.15) is 0 Å². The van der Waals surface area contributed by atoms with Gasteiger partial charge in [-0.05, 0) is 39.7 Å². The summed E-state index contributed by atoms with van der Waals surface area (Å²) in [4.78, 5) is 1.03. The van der Waals surface area contributed by atoms with Crippen LogP contribution in [0.2, 0.25) is 0 Å². The molecule has 0 saturated heterocycles. The quantitative estimate of drug-likeness (QED) is 0.762. The number of allylic oxidation sites excluding steroid dienone is 2. The predicted octanol–water partition coefficient (Wildman–Crippen LogP) is 3.02. The van der Waals surface area contributed by atoms with Crippen molar-refractivity contribution in [2.75, 3.05) is 0 Å². The third-order valence-corrected chi connectivity index (χ3v) is 3.52. The fourth-order valence-electron chi connectivity index (χ4n) is 1.18. The molecule has 0 N–H and O–H groups in total. The summed E-state index contributed by atoms with van der Waals surface area (Å²) in [6, 6.07) is 1.97. The van der Waals surface area contributed by atoms with Crippen LogP contribution in [-0.4, -0.2) is 6.23 Å². The fraction of sp³-hybridized carbons (Fsp3) is 0.111. The van der Waals surface area contributed by atoms with E-state index < -0.39 is 6.23 Å². The van der Waals surface area contributed by atoms with E-state index in [1.165, 1.54) is 6.26 Å². The lowest BCUT2D eigenvalue weighted by atomic mass is 10.1. The summed E-state index contributed by atoms with van der Waals surface area (Å²) in [5.74, 6) is 0. The minimum Gasteiger partial charge on any atom is -0.470 e. The Morgan fingerprint density at radius 3 is 3.07 bits per heavy atom.